The molecule has 1 aromatic carbocycles. The highest BCUT2D eigenvalue weighted by Gasteiger charge is 2.30. The average molecular weight is 374 g/mol. The largest absolute Gasteiger partial charge is 0.490 e. The molecule has 2 aliphatic rings. The molecule has 0 radical (unpaired) electrons. The maximum absolute atomic E-state index is 12.5. The molecule has 0 saturated carbocycles. The molecule has 6 nitrogen and oxygen atoms in total. The van der Waals surface area contributed by atoms with Gasteiger partial charge in [-0.15, -0.1) is 0 Å². The lowest BCUT2D eigenvalue weighted by Gasteiger charge is -2.32. The number of nitrogens with zero attached hydrogens (tertiary/aromatic N) is 2. The number of rotatable bonds is 1. The van der Waals surface area contributed by atoms with Crippen molar-refractivity contribution in [2.24, 2.45) is 0 Å². The van der Waals surface area contributed by atoms with Crippen molar-refractivity contribution in [1.29, 1.82) is 0 Å². The van der Waals surface area contributed by atoms with Crippen LogP contribution < -0.4 is 9.64 Å². The van der Waals surface area contributed by atoms with Crippen LogP contribution in [0.2, 0.25) is 0 Å². The van der Waals surface area contributed by atoms with Gasteiger partial charge >= 0.3 is 6.09 Å². The molecule has 27 heavy (non-hydrogen) atoms. The fraction of sp³-hybridized carbons (Fsp3) is 0.619. The van der Waals surface area contributed by atoms with E-state index in [1.165, 1.54) is 11.1 Å². The Hall–Kier alpha value is -2.24. The van der Waals surface area contributed by atoms with Gasteiger partial charge in [-0.1, -0.05) is 6.92 Å². The SMILES string of the molecule is CCC(=O)N1CCOc2cc3c(c(C)c21)CCN(C(=O)OC(C)(C)C)CC3. The molecule has 3 rings (SSSR count). The highest BCUT2D eigenvalue weighted by atomic mass is 16.6. The Labute approximate surface area is 161 Å². The molecule has 0 fully saturated rings. The number of amides is 2. The van der Waals surface area contributed by atoms with Crippen molar-refractivity contribution in [2.45, 2.75) is 59.5 Å². The smallest absolute Gasteiger partial charge is 0.410 e. The molecule has 2 heterocycles. The lowest BCUT2D eigenvalue weighted by atomic mass is 9.94. The van der Waals surface area contributed by atoms with E-state index in [4.69, 9.17) is 9.47 Å². The summed E-state index contributed by atoms with van der Waals surface area (Å²) in [5.74, 6) is 0.900. The Kier molecular flexibility index (Phi) is 5.36. The molecule has 2 amide bonds. The minimum atomic E-state index is -0.500. The lowest BCUT2D eigenvalue weighted by Crippen LogP contribution is -2.38. The van der Waals surface area contributed by atoms with E-state index in [-0.39, 0.29) is 12.0 Å². The van der Waals surface area contributed by atoms with E-state index in [2.05, 4.69) is 13.0 Å². The fourth-order valence-corrected chi connectivity index (χ4v) is 3.82. The van der Waals surface area contributed by atoms with Gasteiger partial charge < -0.3 is 19.3 Å². The summed E-state index contributed by atoms with van der Waals surface area (Å²) in [5, 5.41) is 0. The number of benzene rings is 1. The van der Waals surface area contributed by atoms with Gasteiger partial charge in [0.15, 0.2) is 0 Å². The van der Waals surface area contributed by atoms with Gasteiger partial charge in [0.05, 0.1) is 12.2 Å². The second kappa shape index (κ2) is 7.41. The molecule has 0 saturated heterocycles. The Morgan fingerprint density at radius 1 is 1.19 bits per heavy atom. The van der Waals surface area contributed by atoms with Crippen LogP contribution in [0.5, 0.6) is 5.75 Å². The molecular weight excluding hydrogens is 344 g/mol. The summed E-state index contributed by atoms with van der Waals surface area (Å²) in [6, 6.07) is 2.06. The first kappa shape index (κ1) is 19.5. The first-order chi connectivity index (χ1) is 12.7. The van der Waals surface area contributed by atoms with E-state index in [1.54, 1.807) is 4.90 Å². The van der Waals surface area contributed by atoms with Crippen LogP contribution in [0.15, 0.2) is 6.07 Å². The molecule has 148 valence electrons. The van der Waals surface area contributed by atoms with Crippen molar-refractivity contribution in [3.05, 3.63) is 22.8 Å². The van der Waals surface area contributed by atoms with Crippen LogP contribution in [0.3, 0.4) is 0 Å². The molecule has 0 unspecified atom stereocenters. The van der Waals surface area contributed by atoms with Crippen LogP contribution in [-0.2, 0) is 22.4 Å². The first-order valence-electron chi connectivity index (χ1n) is 9.77. The molecule has 6 heteroatoms. The minimum absolute atomic E-state index is 0.117. The molecule has 2 aliphatic heterocycles. The first-order valence-corrected chi connectivity index (χ1v) is 9.77. The quantitative estimate of drug-likeness (QED) is 0.755. The predicted molar refractivity (Wildman–Crippen MR) is 105 cm³/mol. The van der Waals surface area contributed by atoms with Crippen LogP contribution in [0.25, 0.3) is 0 Å². The van der Waals surface area contributed by atoms with Gasteiger partial charge in [0.25, 0.3) is 0 Å². The number of hydrogen-bond donors (Lipinski definition) is 0. The van der Waals surface area contributed by atoms with Crippen LogP contribution in [0.4, 0.5) is 10.5 Å². The number of hydrogen-bond acceptors (Lipinski definition) is 4. The van der Waals surface area contributed by atoms with E-state index in [9.17, 15) is 9.59 Å². The Bertz CT molecular complexity index is 752. The normalized spacial score (nSPS) is 16.8. The van der Waals surface area contributed by atoms with Crippen molar-refractivity contribution >= 4 is 17.7 Å². The third kappa shape index (κ3) is 4.04. The van der Waals surface area contributed by atoms with Gasteiger partial charge in [-0.2, -0.15) is 0 Å². The zero-order valence-corrected chi connectivity index (χ0v) is 17.1. The maximum Gasteiger partial charge on any atom is 0.410 e. The third-order valence-electron chi connectivity index (χ3n) is 5.11. The average Bonchev–Trinajstić information content (AvgIpc) is 2.82. The highest BCUT2D eigenvalue weighted by Crippen LogP contribution is 2.40. The summed E-state index contributed by atoms with van der Waals surface area (Å²) in [6.45, 7) is 11.9. The molecule has 0 aliphatic carbocycles. The summed E-state index contributed by atoms with van der Waals surface area (Å²) in [4.78, 5) is 28.5. The number of ether oxygens (including phenoxy) is 2. The zero-order valence-electron chi connectivity index (χ0n) is 17.1. The molecule has 0 N–H and O–H groups in total. The van der Waals surface area contributed by atoms with Gasteiger partial charge in [0, 0.05) is 19.5 Å². The van der Waals surface area contributed by atoms with Crippen LogP contribution in [-0.4, -0.2) is 48.7 Å². The van der Waals surface area contributed by atoms with Crippen LogP contribution in [0, 0.1) is 6.92 Å². The number of anilines is 1. The second-order valence-electron chi connectivity index (χ2n) is 8.20. The number of carbonyl (C=O) groups is 2. The zero-order chi connectivity index (χ0) is 19.8. The van der Waals surface area contributed by atoms with Crippen LogP contribution in [0.1, 0.15) is 50.8 Å². The van der Waals surface area contributed by atoms with E-state index in [0.717, 1.165) is 29.8 Å². The maximum atomic E-state index is 12.5. The molecule has 0 aromatic heterocycles. The van der Waals surface area contributed by atoms with Crippen molar-refractivity contribution in [3.63, 3.8) is 0 Å². The summed E-state index contributed by atoms with van der Waals surface area (Å²) < 4.78 is 11.4. The summed E-state index contributed by atoms with van der Waals surface area (Å²) in [7, 11) is 0. The Morgan fingerprint density at radius 3 is 2.56 bits per heavy atom. The third-order valence-corrected chi connectivity index (χ3v) is 5.11. The summed E-state index contributed by atoms with van der Waals surface area (Å²) in [5.41, 5.74) is 3.91. The van der Waals surface area contributed by atoms with E-state index < -0.39 is 5.60 Å². The minimum Gasteiger partial charge on any atom is -0.490 e. The Morgan fingerprint density at radius 2 is 1.89 bits per heavy atom. The number of carbonyl (C=O) groups excluding carboxylic acids is 2. The van der Waals surface area contributed by atoms with E-state index in [1.807, 2.05) is 32.6 Å². The van der Waals surface area contributed by atoms with Gasteiger partial charge in [0.2, 0.25) is 5.91 Å². The number of fused-ring (bicyclic) bond motifs is 2. The van der Waals surface area contributed by atoms with Gasteiger partial charge in [-0.25, -0.2) is 4.79 Å². The van der Waals surface area contributed by atoms with Crippen molar-refractivity contribution < 1.29 is 19.1 Å². The van der Waals surface area contributed by atoms with E-state index in [0.29, 0.717) is 32.7 Å². The molecule has 0 atom stereocenters. The monoisotopic (exact) mass is 374 g/mol. The van der Waals surface area contributed by atoms with Crippen LogP contribution >= 0.6 is 0 Å². The van der Waals surface area contributed by atoms with Crippen molar-refractivity contribution in [1.82, 2.24) is 4.90 Å². The highest BCUT2D eigenvalue weighted by molar-refractivity contribution is 5.96. The van der Waals surface area contributed by atoms with Gasteiger partial charge in [-0.05, 0) is 63.3 Å². The molecule has 0 bridgehead atoms. The van der Waals surface area contributed by atoms with Crippen molar-refractivity contribution in [2.75, 3.05) is 31.1 Å². The van der Waals surface area contributed by atoms with E-state index >= 15 is 0 Å². The van der Waals surface area contributed by atoms with Gasteiger partial charge in [-0.3, -0.25) is 4.79 Å². The topological polar surface area (TPSA) is 59.1 Å². The summed E-state index contributed by atoms with van der Waals surface area (Å²) in [6.07, 6.45) is 1.72. The molecule has 1 aromatic rings. The van der Waals surface area contributed by atoms with Crippen molar-refractivity contribution in [3.8, 4) is 5.75 Å². The second-order valence-corrected chi connectivity index (χ2v) is 8.20. The standard InChI is InChI=1S/C21H30N2O4/c1-6-18(24)23-11-12-26-17-13-15-7-9-22(20(25)27-21(3,4)5)10-8-16(15)14(2)19(17)23/h13H,6-12H2,1-5H3. The predicted octanol–water partition coefficient (Wildman–Crippen LogP) is 3.47. The lowest BCUT2D eigenvalue weighted by molar-refractivity contribution is -0.118. The van der Waals surface area contributed by atoms with Gasteiger partial charge in [0.1, 0.15) is 18.0 Å². The Balaban J connectivity index is 1.88. The fourth-order valence-electron chi connectivity index (χ4n) is 3.82. The molecule has 0 spiro atoms. The molecular formula is C21H30N2O4. The summed E-state index contributed by atoms with van der Waals surface area (Å²) >= 11 is 0.